The van der Waals surface area contributed by atoms with Crippen LogP contribution in [0.3, 0.4) is 0 Å². The Morgan fingerprint density at radius 1 is 0.765 bits per heavy atom. The molecular formula is C47H65NOS2. The highest BCUT2D eigenvalue weighted by Gasteiger charge is 2.62. The van der Waals surface area contributed by atoms with Crippen LogP contribution in [0.4, 0.5) is 0 Å². The van der Waals surface area contributed by atoms with Crippen LogP contribution in [-0.2, 0) is 19.4 Å². The van der Waals surface area contributed by atoms with Gasteiger partial charge in [-0.2, -0.15) is 0 Å². The van der Waals surface area contributed by atoms with Gasteiger partial charge in [-0.05, 0) is 195 Å². The summed E-state index contributed by atoms with van der Waals surface area (Å²) in [6, 6.07) is 16.1. The van der Waals surface area contributed by atoms with Crippen molar-refractivity contribution < 1.29 is 5.11 Å². The first-order chi connectivity index (χ1) is 24.7. The third-order valence-corrected chi connectivity index (χ3v) is 18.8. The van der Waals surface area contributed by atoms with Crippen LogP contribution in [0, 0.1) is 51.2 Å². The Morgan fingerprint density at radius 2 is 1.51 bits per heavy atom. The molecule has 7 aliphatic rings. The third kappa shape index (κ3) is 7.15. The largest absolute Gasteiger partial charge is 0.508 e. The molecule has 6 aliphatic carbocycles. The average molecular weight is 724 g/mol. The smallest absolute Gasteiger partial charge is 0.116 e. The van der Waals surface area contributed by atoms with Crippen molar-refractivity contribution in [3.05, 3.63) is 76.9 Å². The number of nitrogens with one attached hydrogen (secondary N) is 1. The molecule has 9 unspecified atom stereocenters. The van der Waals surface area contributed by atoms with Gasteiger partial charge < -0.3 is 10.4 Å². The standard InChI is InChI=1S/C47H65NOS2/c1-33-8-7-13-47(25-33)32-46(17-16-45(31-46)15-14-44(30-45)11-5-6-12-44)26-42-40-20-36-18-35(22-41(49)23-36)19-38-9-3-4-10-39(38)27-48-34(2)28-50-51-29-37(21-40)24-43(42)47/h3-4,7,9-10,13,18,22-23,33-34,37,40,42-43,48-49H,5-6,8,11-12,14-17,19-21,24-32H2,1-2H3. The molecule has 5 fully saturated rings. The third-order valence-electron chi connectivity index (χ3n) is 16.1. The summed E-state index contributed by atoms with van der Waals surface area (Å²) in [5, 5.41) is 15.0. The number of benzene rings is 2. The summed E-state index contributed by atoms with van der Waals surface area (Å²) in [6.45, 7) is 5.83. The number of allylic oxidation sites excluding steroid dienone is 2. The fourth-order valence-corrected chi connectivity index (χ4v) is 17.1. The predicted octanol–water partition coefficient (Wildman–Crippen LogP) is 12.3. The molecule has 5 saturated carbocycles. The highest BCUT2D eigenvalue weighted by atomic mass is 33.1. The van der Waals surface area contributed by atoms with E-state index in [1.54, 1.807) is 12.8 Å². The van der Waals surface area contributed by atoms with Gasteiger partial charge >= 0.3 is 0 Å². The molecule has 2 aromatic carbocycles. The van der Waals surface area contributed by atoms with Crippen molar-refractivity contribution in [2.45, 2.75) is 142 Å². The van der Waals surface area contributed by atoms with Gasteiger partial charge in [-0.15, -0.1) is 0 Å². The average Bonchev–Trinajstić information content (AvgIpc) is 3.80. The van der Waals surface area contributed by atoms with Crippen LogP contribution in [-0.4, -0.2) is 22.7 Å². The molecule has 2 N–H and O–H groups in total. The predicted molar refractivity (Wildman–Crippen MR) is 218 cm³/mol. The van der Waals surface area contributed by atoms with E-state index in [4.69, 9.17) is 0 Å². The van der Waals surface area contributed by atoms with Crippen molar-refractivity contribution in [1.29, 1.82) is 0 Å². The zero-order valence-corrected chi connectivity index (χ0v) is 33.4. The Bertz CT molecular complexity index is 1600. The number of phenolic OH excluding ortho intramolecular Hbond substituents is 1. The number of aromatic hydroxyl groups is 1. The van der Waals surface area contributed by atoms with E-state index < -0.39 is 0 Å². The zero-order chi connectivity index (χ0) is 34.7. The molecule has 0 saturated heterocycles. The van der Waals surface area contributed by atoms with Crippen molar-refractivity contribution in [2.75, 3.05) is 11.5 Å². The monoisotopic (exact) mass is 723 g/mol. The fraction of sp³-hybridized carbons (Fsp3) is 0.702. The fourth-order valence-electron chi connectivity index (χ4n) is 14.3. The van der Waals surface area contributed by atoms with Gasteiger partial charge in [0.15, 0.2) is 0 Å². The lowest BCUT2D eigenvalue weighted by molar-refractivity contribution is -0.0843. The Kier molecular flexibility index (Phi) is 9.74. The summed E-state index contributed by atoms with van der Waals surface area (Å²) in [5.74, 6) is 6.81. The Balaban J connectivity index is 1.06. The van der Waals surface area contributed by atoms with Crippen LogP contribution in [0.1, 0.15) is 139 Å². The van der Waals surface area contributed by atoms with E-state index in [1.807, 2.05) is 6.07 Å². The van der Waals surface area contributed by atoms with Crippen molar-refractivity contribution >= 4 is 21.6 Å². The van der Waals surface area contributed by atoms with Gasteiger partial charge in [0, 0.05) is 24.1 Å². The lowest BCUT2D eigenvalue weighted by Crippen LogP contribution is -2.52. The minimum atomic E-state index is 0.384. The Morgan fingerprint density at radius 3 is 2.35 bits per heavy atom. The van der Waals surface area contributed by atoms with E-state index in [9.17, 15) is 5.11 Å². The number of phenols is 1. The van der Waals surface area contributed by atoms with Crippen LogP contribution >= 0.6 is 21.6 Å². The molecule has 4 heteroatoms. The highest BCUT2D eigenvalue weighted by Crippen LogP contribution is 2.73. The lowest BCUT2D eigenvalue weighted by atomic mass is 9.44. The lowest BCUT2D eigenvalue weighted by Gasteiger charge is -2.60. The minimum Gasteiger partial charge on any atom is -0.508 e. The van der Waals surface area contributed by atoms with E-state index in [1.165, 1.54) is 118 Å². The van der Waals surface area contributed by atoms with E-state index >= 15 is 0 Å². The minimum absolute atomic E-state index is 0.384. The molecule has 0 amide bonds. The van der Waals surface area contributed by atoms with Gasteiger partial charge in [0.1, 0.15) is 5.75 Å². The van der Waals surface area contributed by atoms with Crippen molar-refractivity contribution in [2.24, 2.45) is 51.2 Å². The SMILES string of the molecule is CC1CC=CC2(C1)CC1(CCC3(CCC4(CCCC4)C3)C1)CC1C3Cc4cc(O)cc(c4)Cc4ccccc4CNC(C)CSSCC(C3)CC12. The number of fused-ring (bicyclic) bond motifs is 8. The van der Waals surface area contributed by atoms with Crippen molar-refractivity contribution in [3.8, 4) is 5.75 Å². The first kappa shape index (κ1) is 35.3. The number of rotatable bonds is 0. The maximum Gasteiger partial charge on any atom is 0.116 e. The van der Waals surface area contributed by atoms with E-state index in [0.717, 1.165) is 54.2 Å². The van der Waals surface area contributed by atoms with E-state index in [0.29, 0.717) is 34.0 Å². The summed E-state index contributed by atoms with van der Waals surface area (Å²) < 4.78 is 0. The van der Waals surface area contributed by atoms with Gasteiger partial charge in [0.2, 0.25) is 0 Å². The molecule has 2 aromatic rings. The van der Waals surface area contributed by atoms with Gasteiger partial charge in [-0.1, -0.05) is 83.8 Å². The number of hydrogen-bond donors (Lipinski definition) is 2. The highest BCUT2D eigenvalue weighted by molar-refractivity contribution is 8.76. The molecule has 51 heavy (non-hydrogen) atoms. The van der Waals surface area contributed by atoms with Gasteiger partial charge in [-0.3, -0.25) is 0 Å². The molecular weight excluding hydrogens is 659 g/mol. The quantitative estimate of drug-likeness (QED) is 0.209. The second-order valence-electron chi connectivity index (χ2n) is 20.0. The van der Waals surface area contributed by atoms with Gasteiger partial charge in [0.05, 0.1) is 0 Å². The first-order valence-corrected chi connectivity index (χ1v) is 23.7. The van der Waals surface area contributed by atoms with Crippen molar-refractivity contribution in [3.63, 3.8) is 0 Å². The normalized spacial score (nSPS) is 40.8. The Hall–Kier alpha value is -1.36. The molecule has 4 bridgehead atoms. The zero-order valence-electron chi connectivity index (χ0n) is 31.8. The van der Waals surface area contributed by atoms with Crippen LogP contribution in [0.25, 0.3) is 0 Å². The maximum atomic E-state index is 11.2. The van der Waals surface area contributed by atoms with E-state index in [-0.39, 0.29) is 0 Å². The molecule has 9 rings (SSSR count). The number of hydrogen-bond acceptors (Lipinski definition) is 4. The van der Waals surface area contributed by atoms with Gasteiger partial charge in [-0.25, -0.2) is 0 Å². The molecule has 0 radical (unpaired) electrons. The van der Waals surface area contributed by atoms with Crippen molar-refractivity contribution in [1.82, 2.24) is 5.32 Å². The van der Waals surface area contributed by atoms with Gasteiger partial charge in [0.25, 0.3) is 0 Å². The van der Waals surface area contributed by atoms with Crippen LogP contribution < -0.4 is 5.32 Å². The second-order valence-corrected chi connectivity index (χ2v) is 22.6. The molecule has 1 heterocycles. The molecule has 4 spiro atoms. The summed E-state index contributed by atoms with van der Waals surface area (Å²) in [7, 11) is 4.28. The molecule has 276 valence electrons. The van der Waals surface area contributed by atoms with Crippen LogP contribution in [0.5, 0.6) is 5.75 Å². The molecule has 2 nitrogen and oxygen atoms in total. The molecule has 9 atom stereocenters. The molecule has 1 aliphatic heterocycles. The van der Waals surface area contributed by atoms with Crippen LogP contribution in [0.15, 0.2) is 54.6 Å². The Labute approximate surface area is 318 Å². The second kappa shape index (κ2) is 14.1. The maximum absolute atomic E-state index is 11.2. The van der Waals surface area contributed by atoms with E-state index in [2.05, 4.69) is 89.3 Å². The summed E-state index contributed by atoms with van der Waals surface area (Å²) in [6.07, 6.45) is 31.2. The first-order valence-electron chi connectivity index (χ1n) is 21.3. The molecule has 0 aromatic heterocycles. The topological polar surface area (TPSA) is 32.3 Å². The summed E-state index contributed by atoms with van der Waals surface area (Å²) in [4.78, 5) is 0. The summed E-state index contributed by atoms with van der Waals surface area (Å²) >= 11 is 0. The van der Waals surface area contributed by atoms with Crippen LogP contribution in [0.2, 0.25) is 0 Å². The summed E-state index contributed by atoms with van der Waals surface area (Å²) in [5.41, 5.74) is 7.71.